The lowest BCUT2D eigenvalue weighted by atomic mass is 10.1. The molecule has 0 unspecified atom stereocenters. The first-order valence-electron chi connectivity index (χ1n) is 8.87. The summed E-state index contributed by atoms with van der Waals surface area (Å²) in [4.78, 5) is 9.95. The molecule has 3 rings (SSSR count). The molecule has 0 radical (unpaired) electrons. The molecule has 1 aliphatic rings. The number of nitrogens with zero attached hydrogens (tertiary/aromatic N) is 3. The number of aromatic nitrogens is 2. The maximum absolute atomic E-state index is 13.1. The first-order valence-corrected chi connectivity index (χ1v) is 9.25. The fraction of sp³-hybridized carbons (Fsp3) is 0.444. The molecule has 10 heteroatoms. The highest BCUT2D eigenvalue weighted by molar-refractivity contribution is 6.33. The second kappa shape index (κ2) is 8.40. The van der Waals surface area contributed by atoms with Gasteiger partial charge in [0.05, 0.1) is 23.9 Å². The van der Waals surface area contributed by atoms with E-state index in [1.54, 1.807) is 6.92 Å². The highest BCUT2D eigenvalue weighted by Gasteiger charge is 2.35. The van der Waals surface area contributed by atoms with E-state index >= 15 is 0 Å². The van der Waals surface area contributed by atoms with Crippen molar-refractivity contribution in [1.29, 1.82) is 0 Å². The fourth-order valence-corrected chi connectivity index (χ4v) is 3.19. The van der Waals surface area contributed by atoms with Crippen molar-refractivity contribution in [1.82, 2.24) is 9.97 Å². The van der Waals surface area contributed by atoms with E-state index < -0.39 is 11.7 Å². The highest BCUT2D eigenvalue weighted by atomic mass is 35.5. The summed E-state index contributed by atoms with van der Waals surface area (Å²) in [6.07, 6.45) is -3.78. The van der Waals surface area contributed by atoms with Crippen LogP contribution in [0.3, 0.4) is 0 Å². The third-order valence-electron chi connectivity index (χ3n) is 4.32. The number of ether oxygens (including phenoxy) is 1. The van der Waals surface area contributed by atoms with Gasteiger partial charge in [-0.1, -0.05) is 11.6 Å². The standard InChI is InChI=1S/C18H21ClF3N5O/c1-3-23-16-12(18(20,21)22)10-24-17(26-16)25-14-8-11(2)15(9-13(14)19)27-4-6-28-7-5-27/h8-10H,3-7H2,1-2H3,(H2,23,24,25,26). The van der Waals surface area contributed by atoms with Crippen LogP contribution in [-0.2, 0) is 10.9 Å². The molecular formula is C18H21ClF3N5O. The molecule has 28 heavy (non-hydrogen) atoms. The topological polar surface area (TPSA) is 62.3 Å². The summed E-state index contributed by atoms with van der Waals surface area (Å²) in [5.41, 5.74) is 1.59. The minimum atomic E-state index is -4.54. The van der Waals surface area contributed by atoms with Gasteiger partial charge in [0, 0.05) is 31.5 Å². The molecule has 0 bridgehead atoms. The predicted octanol–water partition coefficient (Wildman–Crippen LogP) is 4.47. The van der Waals surface area contributed by atoms with Gasteiger partial charge in [-0.3, -0.25) is 0 Å². The molecule has 152 valence electrons. The molecule has 1 aromatic heterocycles. The number of halogens is 4. The van der Waals surface area contributed by atoms with Crippen LogP contribution in [0.5, 0.6) is 0 Å². The molecule has 0 amide bonds. The van der Waals surface area contributed by atoms with Crippen molar-refractivity contribution < 1.29 is 17.9 Å². The number of alkyl halides is 3. The number of anilines is 4. The van der Waals surface area contributed by atoms with Crippen molar-refractivity contribution in [3.8, 4) is 0 Å². The minimum Gasteiger partial charge on any atom is -0.378 e. The van der Waals surface area contributed by atoms with E-state index in [2.05, 4.69) is 25.5 Å². The van der Waals surface area contributed by atoms with Gasteiger partial charge < -0.3 is 20.3 Å². The number of rotatable bonds is 5. The molecule has 1 fully saturated rings. The molecule has 0 atom stereocenters. The molecule has 2 N–H and O–H groups in total. The Morgan fingerprint density at radius 3 is 2.61 bits per heavy atom. The van der Waals surface area contributed by atoms with Gasteiger partial charge >= 0.3 is 6.18 Å². The van der Waals surface area contributed by atoms with E-state index in [0.717, 1.165) is 30.5 Å². The van der Waals surface area contributed by atoms with Gasteiger partial charge in [0.2, 0.25) is 5.95 Å². The molecule has 1 aromatic carbocycles. The first kappa shape index (κ1) is 20.5. The maximum Gasteiger partial charge on any atom is 0.421 e. The van der Waals surface area contributed by atoms with Crippen LogP contribution in [0.25, 0.3) is 0 Å². The van der Waals surface area contributed by atoms with E-state index in [1.165, 1.54) is 0 Å². The van der Waals surface area contributed by atoms with Crippen molar-refractivity contribution in [3.63, 3.8) is 0 Å². The van der Waals surface area contributed by atoms with Gasteiger partial charge in [-0.2, -0.15) is 18.2 Å². The predicted molar refractivity (Wildman–Crippen MR) is 104 cm³/mol. The van der Waals surface area contributed by atoms with Crippen molar-refractivity contribution in [2.45, 2.75) is 20.0 Å². The van der Waals surface area contributed by atoms with E-state index in [9.17, 15) is 13.2 Å². The summed E-state index contributed by atoms with van der Waals surface area (Å²) in [7, 11) is 0. The third kappa shape index (κ3) is 4.59. The number of hydrogen-bond donors (Lipinski definition) is 2. The van der Waals surface area contributed by atoms with Crippen LogP contribution in [0.1, 0.15) is 18.1 Å². The number of morpholine rings is 1. The van der Waals surface area contributed by atoms with Gasteiger partial charge in [-0.15, -0.1) is 0 Å². The molecular weight excluding hydrogens is 395 g/mol. The molecule has 1 aliphatic heterocycles. The summed E-state index contributed by atoms with van der Waals surface area (Å²) in [6.45, 7) is 6.81. The van der Waals surface area contributed by atoms with E-state index in [0.29, 0.717) is 30.5 Å². The molecule has 0 saturated carbocycles. The third-order valence-corrected chi connectivity index (χ3v) is 4.63. The van der Waals surface area contributed by atoms with Crippen LogP contribution in [0.4, 0.5) is 36.3 Å². The lowest BCUT2D eigenvalue weighted by Gasteiger charge is -2.30. The lowest BCUT2D eigenvalue weighted by Crippen LogP contribution is -2.36. The molecule has 6 nitrogen and oxygen atoms in total. The molecule has 1 saturated heterocycles. The van der Waals surface area contributed by atoms with Crippen molar-refractivity contribution >= 4 is 34.7 Å². The summed E-state index contributed by atoms with van der Waals surface area (Å²) in [6, 6.07) is 3.67. The zero-order chi connectivity index (χ0) is 20.3. The van der Waals surface area contributed by atoms with Crippen LogP contribution >= 0.6 is 11.6 Å². The van der Waals surface area contributed by atoms with Crippen molar-refractivity contribution in [2.75, 3.05) is 48.4 Å². The molecule has 2 heterocycles. The van der Waals surface area contributed by atoms with Crippen LogP contribution < -0.4 is 15.5 Å². The summed E-state index contributed by atoms with van der Waals surface area (Å²) < 4.78 is 44.6. The lowest BCUT2D eigenvalue weighted by molar-refractivity contribution is -0.137. The quantitative estimate of drug-likeness (QED) is 0.751. The normalized spacial score (nSPS) is 14.9. The van der Waals surface area contributed by atoms with Crippen molar-refractivity contribution in [2.24, 2.45) is 0 Å². The number of nitrogens with one attached hydrogen (secondary N) is 2. The van der Waals surface area contributed by atoms with Gasteiger partial charge in [0.1, 0.15) is 11.4 Å². The number of hydrogen-bond acceptors (Lipinski definition) is 6. The Morgan fingerprint density at radius 1 is 1.25 bits per heavy atom. The highest BCUT2D eigenvalue weighted by Crippen LogP contribution is 2.36. The fourth-order valence-electron chi connectivity index (χ4n) is 2.98. The van der Waals surface area contributed by atoms with E-state index in [4.69, 9.17) is 16.3 Å². The van der Waals surface area contributed by atoms with Gasteiger partial charge in [-0.25, -0.2) is 4.98 Å². The summed E-state index contributed by atoms with van der Waals surface area (Å²) in [5, 5.41) is 5.97. The average Bonchev–Trinajstić information content (AvgIpc) is 2.65. The number of aryl methyl sites for hydroxylation is 1. The van der Waals surface area contributed by atoms with Gasteiger partial charge in [-0.05, 0) is 31.5 Å². The SMILES string of the molecule is CCNc1nc(Nc2cc(C)c(N3CCOCC3)cc2Cl)ncc1C(F)(F)F. The van der Waals surface area contributed by atoms with Crippen molar-refractivity contribution in [3.05, 3.63) is 34.5 Å². The minimum absolute atomic E-state index is 0.0318. The van der Waals surface area contributed by atoms with Gasteiger partial charge in [0.25, 0.3) is 0 Å². The smallest absolute Gasteiger partial charge is 0.378 e. The molecule has 0 aliphatic carbocycles. The average molecular weight is 416 g/mol. The van der Waals surface area contributed by atoms with Crippen LogP contribution in [-0.4, -0.2) is 42.8 Å². The summed E-state index contributed by atoms with van der Waals surface area (Å²) >= 11 is 6.40. The Labute approximate surface area is 166 Å². The zero-order valence-corrected chi connectivity index (χ0v) is 16.3. The zero-order valence-electron chi connectivity index (χ0n) is 15.5. The summed E-state index contributed by atoms with van der Waals surface area (Å²) in [5.74, 6) is -0.241. The molecule has 2 aromatic rings. The Morgan fingerprint density at radius 2 is 1.96 bits per heavy atom. The monoisotopic (exact) mass is 415 g/mol. The second-order valence-corrected chi connectivity index (χ2v) is 6.73. The Balaban J connectivity index is 1.87. The first-order chi connectivity index (χ1) is 13.3. The van der Waals surface area contributed by atoms with Gasteiger partial charge in [0.15, 0.2) is 0 Å². The van der Waals surface area contributed by atoms with Crippen LogP contribution in [0.15, 0.2) is 18.3 Å². The molecule has 0 spiro atoms. The Bertz CT molecular complexity index is 841. The Kier molecular flexibility index (Phi) is 6.14. The Hall–Kier alpha value is -2.26. The number of benzene rings is 1. The maximum atomic E-state index is 13.1. The van der Waals surface area contributed by atoms with E-state index in [1.807, 2.05) is 19.1 Å². The van der Waals surface area contributed by atoms with E-state index in [-0.39, 0.29) is 11.8 Å². The van der Waals surface area contributed by atoms with Crippen LogP contribution in [0.2, 0.25) is 5.02 Å². The largest absolute Gasteiger partial charge is 0.421 e. The second-order valence-electron chi connectivity index (χ2n) is 6.33. The van der Waals surface area contributed by atoms with Crippen LogP contribution in [0, 0.1) is 6.92 Å².